The van der Waals surface area contributed by atoms with Gasteiger partial charge in [0.25, 0.3) is 0 Å². The Hall–Kier alpha value is -3.37. The molecule has 1 heterocycles. The van der Waals surface area contributed by atoms with E-state index in [4.69, 9.17) is 16.0 Å². The zero-order valence-electron chi connectivity index (χ0n) is 17.7. The zero-order valence-corrected chi connectivity index (χ0v) is 17.7. The number of aliphatic hydroxyl groups is 1. The van der Waals surface area contributed by atoms with E-state index < -0.39 is 35.3 Å². The van der Waals surface area contributed by atoms with Crippen molar-refractivity contribution >= 4 is 11.0 Å². The Labute approximate surface area is 186 Å². The van der Waals surface area contributed by atoms with Crippen LogP contribution in [-0.4, -0.2) is 21.9 Å². The van der Waals surface area contributed by atoms with Crippen LogP contribution in [-0.2, 0) is 6.54 Å². The van der Waals surface area contributed by atoms with Gasteiger partial charge in [-0.25, -0.2) is 15.0 Å². The van der Waals surface area contributed by atoms with Gasteiger partial charge in [0.2, 0.25) is 5.60 Å². The number of halogens is 4. The molecule has 0 aliphatic heterocycles. The summed E-state index contributed by atoms with van der Waals surface area (Å²) >= 11 is 0. The lowest BCUT2D eigenvalue weighted by Gasteiger charge is -2.31. The van der Waals surface area contributed by atoms with Crippen LogP contribution in [0.4, 0.5) is 17.6 Å². The van der Waals surface area contributed by atoms with Gasteiger partial charge in [-0.1, -0.05) is 37.6 Å². The third kappa shape index (κ3) is 5.18. The summed E-state index contributed by atoms with van der Waals surface area (Å²) in [5, 5.41) is 11.5. The van der Waals surface area contributed by atoms with Gasteiger partial charge in [0.1, 0.15) is 11.4 Å². The lowest BCUT2D eigenvalue weighted by atomic mass is 9.94. The Kier molecular flexibility index (Phi) is 6.80. The monoisotopic (exact) mass is 465 g/mol. The van der Waals surface area contributed by atoms with Gasteiger partial charge in [-0.3, -0.25) is 0 Å². The molecule has 6 nitrogen and oxygen atoms in total. The van der Waals surface area contributed by atoms with Crippen LogP contribution in [0.3, 0.4) is 0 Å². The molecule has 3 aromatic rings. The number of hydrogen-bond donors (Lipinski definition) is 3. The molecule has 0 saturated heterocycles. The van der Waals surface area contributed by atoms with E-state index in [0.29, 0.717) is 22.1 Å². The first-order valence-electron chi connectivity index (χ1n) is 10.1. The summed E-state index contributed by atoms with van der Waals surface area (Å²) in [4.78, 5) is 12.1. The minimum absolute atomic E-state index is 0.0481. The summed E-state index contributed by atoms with van der Waals surface area (Å²) in [5.74, 6) is 5.36. The lowest BCUT2D eigenvalue weighted by Crippen LogP contribution is -2.50. The predicted octanol–water partition coefficient (Wildman–Crippen LogP) is 4.17. The molecule has 1 unspecified atom stereocenters. The fourth-order valence-corrected chi connectivity index (χ4v) is 3.55. The molecule has 0 saturated carbocycles. The van der Waals surface area contributed by atoms with Crippen LogP contribution in [0.5, 0.6) is 0 Å². The second-order valence-electron chi connectivity index (χ2n) is 7.68. The Bertz CT molecular complexity index is 1240. The van der Waals surface area contributed by atoms with Crippen molar-refractivity contribution < 1.29 is 27.1 Å². The van der Waals surface area contributed by atoms with Crippen molar-refractivity contribution in [3.05, 3.63) is 82.2 Å². The molecule has 3 rings (SSSR count). The summed E-state index contributed by atoms with van der Waals surface area (Å²) in [6, 6.07) is 11.8. The average Bonchev–Trinajstić information content (AvgIpc) is 2.72. The Morgan fingerprint density at radius 2 is 1.91 bits per heavy atom. The Balaban J connectivity index is 1.93. The fraction of sp³-hybridized carbons (Fsp3) is 0.261. The number of alkyl halides is 3. The number of fused-ring (bicyclic) bond motifs is 1. The topological polar surface area (TPSA) is 106 Å². The summed E-state index contributed by atoms with van der Waals surface area (Å²) < 4.78 is 58.9. The molecule has 0 aliphatic rings. The average molecular weight is 465 g/mol. The number of rotatable bonds is 7. The highest BCUT2D eigenvalue weighted by Crippen LogP contribution is 2.38. The van der Waals surface area contributed by atoms with E-state index in [2.05, 4.69) is 0 Å². The van der Waals surface area contributed by atoms with Crippen molar-refractivity contribution in [3.63, 3.8) is 0 Å². The first kappa shape index (κ1) is 24.3. The van der Waals surface area contributed by atoms with E-state index in [9.17, 15) is 27.5 Å². The molecule has 0 radical (unpaired) electrons. The van der Waals surface area contributed by atoms with Gasteiger partial charge in [-0.05, 0) is 41.3 Å². The number of hydrazine groups is 1. The fourth-order valence-electron chi connectivity index (χ4n) is 3.55. The lowest BCUT2D eigenvalue weighted by molar-refractivity contribution is -0.247. The van der Waals surface area contributed by atoms with Crippen LogP contribution in [0.2, 0.25) is 0 Å². The predicted molar refractivity (Wildman–Crippen MR) is 116 cm³/mol. The van der Waals surface area contributed by atoms with Crippen LogP contribution in [0.25, 0.3) is 22.1 Å². The molecule has 0 spiro atoms. The molecule has 1 aromatic heterocycles. The maximum Gasteiger partial charge on any atom is 0.422 e. The van der Waals surface area contributed by atoms with Crippen LogP contribution in [0.1, 0.15) is 25.3 Å². The maximum atomic E-state index is 13.6. The molecular formula is C23H23F4N3O3. The van der Waals surface area contributed by atoms with Gasteiger partial charge in [-0.2, -0.15) is 13.2 Å². The normalized spacial score (nSPS) is 14.3. The quantitative estimate of drug-likeness (QED) is 0.209. The van der Waals surface area contributed by atoms with Crippen LogP contribution in [0, 0.1) is 5.82 Å². The second-order valence-corrected chi connectivity index (χ2v) is 7.68. The Morgan fingerprint density at radius 3 is 2.55 bits per heavy atom. The molecule has 0 bridgehead atoms. The van der Waals surface area contributed by atoms with Crippen molar-refractivity contribution in [3.8, 4) is 11.1 Å². The van der Waals surface area contributed by atoms with Gasteiger partial charge >= 0.3 is 11.8 Å². The first-order valence-corrected chi connectivity index (χ1v) is 10.1. The van der Waals surface area contributed by atoms with Crippen LogP contribution >= 0.6 is 0 Å². The molecule has 1 atom stereocenters. The molecule has 0 fully saturated rings. The van der Waals surface area contributed by atoms with Crippen molar-refractivity contribution in [2.45, 2.75) is 38.1 Å². The minimum atomic E-state index is -4.97. The highest BCUT2D eigenvalue weighted by molar-refractivity contribution is 5.93. The maximum absolute atomic E-state index is 13.6. The summed E-state index contributed by atoms with van der Waals surface area (Å²) in [6.45, 7) is 1.40. The van der Waals surface area contributed by atoms with E-state index >= 15 is 0 Å². The number of nitrogens with zero attached hydrogens (tertiary/aromatic N) is 1. The van der Waals surface area contributed by atoms with Gasteiger partial charge < -0.3 is 20.3 Å². The molecule has 5 N–H and O–H groups in total. The van der Waals surface area contributed by atoms with E-state index in [1.54, 1.807) is 18.2 Å². The minimum Gasteiger partial charge on any atom is -0.423 e. The second kappa shape index (κ2) is 9.24. The summed E-state index contributed by atoms with van der Waals surface area (Å²) in [7, 11) is 0. The smallest absolute Gasteiger partial charge is 0.422 e. The molecule has 0 amide bonds. The van der Waals surface area contributed by atoms with Crippen LogP contribution in [0.15, 0.2) is 69.6 Å². The molecule has 0 aliphatic carbocycles. The largest absolute Gasteiger partial charge is 0.423 e. The standard InChI is InChI=1S/C23H23F4N3O3/c1-2-8-22(32,23(25,26)27)20(28)13-30(29)12-14-6-7-17-18(11-21(31)33-19(17)9-14)15-4-3-5-16(24)10-15/h3-7,9-11,13,32H,2,8,12,28-29H2,1H3/b20-13-. The van der Waals surface area contributed by atoms with E-state index in [0.717, 1.165) is 11.2 Å². The molecule has 10 heteroatoms. The Morgan fingerprint density at radius 1 is 1.18 bits per heavy atom. The number of benzene rings is 2. The van der Waals surface area contributed by atoms with Crippen molar-refractivity contribution in [2.75, 3.05) is 0 Å². The SMILES string of the molecule is CCCC(O)(/C(N)=C/N(N)Cc1ccc2c(-c3cccc(F)c3)cc(=O)oc2c1)C(F)(F)F. The van der Waals surface area contributed by atoms with Crippen molar-refractivity contribution in [1.82, 2.24) is 5.01 Å². The molecule has 33 heavy (non-hydrogen) atoms. The van der Waals surface area contributed by atoms with Gasteiger partial charge in [-0.15, -0.1) is 0 Å². The third-order valence-electron chi connectivity index (χ3n) is 5.17. The first-order chi connectivity index (χ1) is 15.4. The summed E-state index contributed by atoms with van der Waals surface area (Å²) in [5.41, 5.74) is 2.53. The van der Waals surface area contributed by atoms with Crippen LogP contribution < -0.4 is 17.2 Å². The molecule has 176 valence electrons. The molecular weight excluding hydrogens is 442 g/mol. The zero-order chi connectivity index (χ0) is 24.4. The van der Waals surface area contributed by atoms with Gasteiger partial charge in [0.15, 0.2) is 0 Å². The van der Waals surface area contributed by atoms with Crippen molar-refractivity contribution in [1.29, 1.82) is 0 Å². The van der Waals surface area contributed by atoms with Gasteiger partial charge in [0, 0.05) is 17.7 Å². The van der Waals surface area contributed by atoms with Gasteiger partial charge in [0.05, 0.1) is 12.2 Å². The van der Waals surface area contributed by atoms with E-state index in [1.165, 1.54) is 37.3 Å². The van der Waals surface area contributed by atoms with Crippen molar-refractivity contribution in [2.24, 2.45) is 11.6 Å². The number of hydrogen-bond acceptors (Lipinski definition) is 6. The number of nitrogens with two attached hydrogens (primary N) is 2. The highest BCUT2D eigenvalue weighted by atomic mass is 19.4. The molecule has 2 aromatic carbocycles. The van der Waals surface area contributed by atoms with E-state index in [1.807, 2.05) is 0 Å². The van der Waals surface area contributed by atoms with E-state index in [-0.39, 0.29) is 18.5 Å². The highest BCUT2D eigenvalue weighted by Gasteiger charge is 2.55. The third-order valence-corrected chi connectivity index (χ3v) is 5.17. The summed E-state index contributed by atoms with van der Waals surface area (Å²) in [6.07, 6.45) is -4.71.